The van der Waals surface area contributed by atoms with E-state index >= 15 is 0 Å². The van der Waals surface area contributed by atoms with Crippen molar-refractivity contribution in [2.75, 3.05) is 6.54 Å². The molecule has 2 rings (SSSR count). The van der Waals surface area contributed by atoms with Crippen LogP contribution in [0.3, 0.4) is 0 Å². The predicted octanol–water partition coefficient (Wildman–Crippen LogP) is 2.37. The van der Waals surface area contributed by atoms with Gasteiger partial charge in [-0.3, -0.25) is 4.79 Å². The number of amides is 1. The summed E-state index contributed by atoms with van der Waals surface area (Å²) in [6, 6.07) is 4.16. The molecule has 1 fully saturated rings. The van der Waals surface area contributed by atoms with Gasteiger partial charge in [0.15, 0.2) is 0 Å². The molecule has 1 aromatic rings. The summed E-state index contributed by atoms with van der Waals surface area (Å²) in [7, 11) is 0. The highest BCUT2D eigenvalue weighted by Gasteiger charge is 2.23. The Balaban J connectivity index is 1.94. The molecule has 1 amide bonds. The maximum atomic E-state index is 13.2. The summed E-state index contributed by atoms with van der Waals surface area (Å²) < 4.78 is 13.2. The van der Waals surface area contributed by atoms with Gasteiger partial charge in [-0.25, -0.2) is 4.39 Å². The van der Waals surface area contributed by atoms with E-state index in [9.17, 15) is 14.3 Å². The summed E-state index contributed by atoms with van der Waals surface area (Å²) in [5.74, 6) is -0.683. The average Bonchev–Trinajstić information content (AvgIpc) is 2.76. The number of hydrogen-bond acceptors (Lipinski definition) is 2. The minimum absolute atomic E-state index is 0.148. The average molecular weight is 272 g/mol. The minimum atomic E-state index is -0.597. The van der Waals surface area contributed by atoms with Gasteiger partial charge in [-0.2, -0.15) is 0 Å². The van der Waals surface area contributed by atoms with E-state index in [0.717, 1.165) is 12.8 Å². The Hall–Kier alpha value is -1.13. The van der Waals surface area contributed by atoms with E-state index in [4.69, 9.17) is 11.6 Å². The fourth-order valence-corrected chi connectivity index (χ4v) is 2.46. The van der Waals surface area contributed by atoms with Crippen LogP contribution in [-0.2, 0) is 0 Å². The lowest BCUT2D eigenvalue weighted by atomic mass is 10.1. The van der Waals surface area contributed by atoms with Crippen molar-refractivity contribution in [3.8, 4) is 0 Å². The maximum Gasteiger partial charge on any atom is 0.252 e. The molecule has 1 aromatic carbocycles. The molecule has 0 saturated heterocycles. The first kappa shape index (κ1) is 13.3. The lowest BCUT2D eigenvalue weighted by molar-refractivity contribution is 0.0945. The predicted molar refractivity (Wildman–Crippen MR) is 67.1 cm³/mol. The number of benzene rings is 1. The second-order valence-corrected chi connectivity index (χ2v) is 5.02. The van der Waals surface area contributed by atoms with Crippen LogP contribution >= 0.6 is 11.6 Å². The first-order valence-electron chi connectivity index (χ1n) is 5.98. The SMILES string of the molecule is O=C(NCC1CCC(O)C1)c1cccc(F)c1Cl. The van der Waals surface area contributed by atoms with E-state index in [1.54, 1.807) is 0 Å². The maximum absolute atomic E-state index is 13.2. The third-order valence-corrected chi connectivity index (χ3v) is 3.65. The Morgan fingerprint density at radius 3 is 2.94 bits per heavy atom. The van der Waals surface area contributed by atoms with Crippen molar-refractivity contribution in [3.63, 3.8) is 0 Å². The van der Waals surface area contributed by atoms with Crippen molar-refractivity contribution in [1.29, 1.82) is 0 Å². The molecule has 18 heavy (non-hydrogen) atoms. The van der Waals surface area contributed by atoms with Gasteiger partial charge in [-0.1, -0.05) is 17.7 Å². The smallest absolute Gasteiger partial charge is 0.252 e. The zero-order chi connectivity index (χ0) is 13.1. The molecule has 2 N–H and O–H groups in total. The number of carbonyl (C=O) groups is 1. The number of carbonyl (C=O) groups excluding carboxylic acids is 1. The molecule has 1 aliphatic rings. The van der Waals surface area contributed by atoms with Crippen molar-refractivity contribution in [1.82, 2.24) is 5.32 Å². The Bertz CT molecular complexity index is 453. The fourth-order valence-electron chi connectivity index (χ4n) is 2.25. The molecule has 0 radical (unpaired) electrons. The number of hydrogen-bond donors (Lipinski definition) is 2. The second kappa shape index (κ2) is 5.67. The summed E-state index contributed by atoms with van der Waals surface area (Å²) in [4.78, 5) is 11.8. The number of aliphatic hydroxyl groups excluding tert-OH is 1. The highest BCUT2D eigenvalue weighted by atomic mass is 35.5. The van der Waals surface area contributed by atoms with E-state index in [2.05, 4.69) is 5.32 Å². The van der Waals surface area contributed by atoms with Crippen molar-refractivity contribution in [3.05, 3.63) is 34.6 Å². The van der Waals surface area contributed by atoms with Crippen LogP contribution in [0.15, 0.2) is 18.2 Å². The molecule has 0 spiro atoms. The van der Waals surface area contributed by atoms with Crippen molar-refractivity contribution in [2.45, 2.75) is 25.4 Å². The van der Waals surface area contributed by atoms with E-state index in [1.165, 1.54) is 18.2 Å². The number of rotatable bonds is 3. The lowest BCUT2D eigenvalue weighted by Crippen LogP contribution is -2.29. The summed E-state index contributed by atoms with van der Waals surface area (Å²) in [6.07, 6.45) is 2.13. The molecule has 2 unspecified atom stereocenters. The third kappa shape index (κ3) is 3.00. The quantitative estimate of drug-likeness (QED) is 0.887. The molecule has 0 bridgehead atoms. The van der Waals surface area contributed by atoms with E-state index in [-0.39, 0.29) is 28.5 Å². The molecule has 0 aromatic heterocycles. The number of nitrogens with one attached hydrogen (secondary N) is 1. The Morgan fingerprint density at radius 1 is 1.50 bits per heavy atom. The normalized spacial score (nSPS) is 23.1. The highest BCUT2D eigenvalue weighted by molar-refractivity contribution is 6.34. The Kier molecular flexibility index (Phi) is 4.19. The molecule has 3 nitrogen and oxygen atoms in total. The van der Waals surface area contributed by atoms with Gasteiger partial charge in [-0.15, -0.1) is 0 Å². The van der Waals surface area contributed by atoms with Crippen molar-refractivity contribution < 1.29 is 14.3 Å². The van der Waals surface area contributed by atoms with E-state index < -0.39 is 5.82 Å². The van der Waals surface area contributed by atoms with Gasteiger partial charge < -0.3 is 10.4 Å². The van der Waals surface area contributed by atoms with Gasteiger partial charge in [0.05, 0.1) is 16.7 Å². The molecular formula is C13H15ClFNO2. The molecule has 1 aliphatic carbocycles. The van der Waals surface area contributed by atoms with Crippen molar-refractivity contribution >= 4 is 17.5 Å². The Labute approximate surface area is 110 Å². The first-order valence-corrected chi connectivity index (χ1v) is 6.36. The van der Waals surface area contributed by atoms with E-state index in [0.29, 0.717) is 13.0 Å². The monoisotopic (exact) mass is 271 g/mol. The molecular weight excluding hydrogens is 257 g/mol. The standard InChI is InChI=1S/C13H15ClFNO2/c14-12-10(2-1-3-11(12)15)13(18)16-7-8-4-5-9(17)6-8/h1-3,8-9,17H,4-7H2,(H,16,18). The van der Waals surface area contributed by atoms with Gasteiger partial charge in [0.1, 0.15) is 5.82 Å². The summed E-state index contributed by atoms with van der Waals surface area (Å²) >= 11 is 5.73. The minimum Gasteiger partial charge on any atom is -0.393 e. The molecule has 2 atom stereocenters. The van der Waals surface area contributed by atoms with Crippen LogP contribution in [0.1, 0.15) is 29.6 Å². The van der Waals surface area contributed by atoms with Crippen LogP contribution < -0.4 is 5.32 Å². The highest BCUT2D eigenvalue weighted by Crippen LogP contribution is 2.25. The van der Waals surface area contributed by atoms with Crippen LogP contribution in [0.2, 0.25) is 5.02 Å². The Morgan fingerprint density at radius 2 is 2.28 bits per heavy atom. The van der Waals surface area contributed by atoms with Crippen LogP contribution in [0, 0.1) is 11.7 Å². The zero-order valence-electron chi connectivity index (χ0n) is 9.83. The van der Waals surface area contributed by atoms with Gasteiger partial charge in [0.25, 0.3) is 5.91 Å². The van der Waals surface area contributed by atoms with Crippen LogP contribution in [-0.4, -0.2) is 23.7 Å². The van der Waals surface area contributed by atoms with Crippen molar-refractivity contribution in [2.24, 2.45) is 5.92 Å². The largest absolute Gasteiger partial charge is 0.393 e. The first-order chi connectivity index (χ1) is 8.58. The van der Waals surface area contributed by atoms with Gasteiger partial charge in [0.2, 0.25) is 0 Å². The second-order valence-electron chi connectivity index (χ2n) is 4.64. The summed E-state index contributed by atoms with van der Waals surface area (Å²) in [6.45, 7) is 0.489. The molecule has 0 heterocycles. The lowest BCUT2D eigenvalue weighted by Gasteiger charge is -2.11. The van der Waals surface area contributed by atoms with Gasteiger partial charge in [0, 0.05) is 6.54 Å². The van der Waals surface area contributed by atoms with E-state index in [1.807, 2.05) is 0 Å². The summed E-state index contributed by atoms with van der Waals surface area (Å²) in [5.41, 5.74) is 0.148. The van der Waals surface area contributed by atoms with Gasteiger partial charge in [-0.05, 0) is 37.3 Å². The molecule has 0 aliphatic heterocycles. The number of aliphatic hydroxyl groups is 1. The zero-order valence-corrected chi connectivity index (χ0v) is 10.6. The summed E-state index contributed by atoms with van der Waals surface area (Å²) in [5, 5.41) is 12.0. The van der Waals surface area contributed by atoms with Crippen LogP contribution in [0.4, 0.5) is 4.39 Å². The van der Waals surface area contributed by atoms with Crippen LogP contribution in [0.5, 0.6) is 0 Å². The molecule has 1 saturated carbocycles. The van der Waals surface area contributed by atoms with Gasteiger partial charge >= 0.3 is 0 Å². The fraction of sp³-hybridized carbons (Fsp3) is 0.462. The molecule has 5 heteroatoms. The third-order valence-electron chi connectivity index (χ3n) is 3.26. The number of halogens is 2. The van der Waals surface area contributed by atoms with Crippen LogP contribution in [0.25, 0.3) is 0 Å². The topological polar surface area (TPSA) is 49.3 Å². The molecule has 98 valence electrons.